The number of carbonyl (C=O) groups excluding carboxylic acids is 1. The highest BCUT2D eigenvalue weighted by atomic mass is 35.5. The van der Waals surface area contributed by atoms with Crippen molar-refractivity contribution in [3.05, 3.63) is 28.7 Å². The molecule has 1 amide bonds. The van der Waals surface area contributed by atoms with Crippen LogP contribution in [0.15, 0.2) is 32.9 Å². The lowest BCUT2D eigenvalue weighted by molar-refractivity contribution is -0.123. The molecule has 2 aromatic rings. The van der Waals surface area contributed by atoms with E-state index in [2.05, 4.69) is 20.8 Å². The van der Waals surface area contributed by atoms with E-state index in [-0.39, 0.29) is 18.1 Å². The molecular formula is C14H15ClN4O2S2. The summed E-state index contributed by atoms with van der Waals surface area (Å²) in [5, 5.41) is 14.4. The number of nitrogens with zero attached hydrogens (tertiary/aromatic N) is 2. The fraction of sp³-hybridized carbons (Fsp3) is 0.357. The highest BCUT2D eigenvalue weighted by Crippen LogP contribution is 2.35. The highest BCUT2D eigenvalue weighted by Gasteiger charge is 2.28. The van der Waals surface area contributed by atoms with Gasteiger partial charge in [-0.15, -0.1) is 10.2 Å². The van der Waals surface area contributed by atoms with Crippen LogP contribution in [0.4, 0.5) is 5.69 Å². The summed E-state index contributed by atoms with van der Waals surface area (Å²) in [6.45, 7) is 3.17. The third-order valence-electron chi connectivity index (χ3n) is 3.34. The lowest BCUT2D eigenvalue weighted by Gasteiger charge is -2.29. The second-order valence-electron chi connectivity index (χ2n) is 4.95. The monoisotopic (exact) mass is 370 g/mol. The van der Waals surface area contributed by atoms with E-state index in [4.69, 9.17) is 16.3 Å². The molecule has 23 heavy (non-hydrogen) atoms. The number of halogens is 1. The molecule has 6 nitrogen and oxygen atoms in total. The molecule has 0 aliphatic carbocycles. The molecule has 1 aromatic heterocycles. The summed E-state index contributed by atoms with van der Waals surface area (Å²) in [6, 6.07) is 5.05. The Bertz CT molecular complexity index is 683. The molecular weight excluding hydrogens is 356 g/mol. The third kappa shape index (κ3) is 4.21. The Labute approximate surface area is 147 Å². The van der Waals surface area contributed by atoms with Gasteiger partial charge in [0.15, 0.2) is 4.34 Å². The van der Waals surface area contributed by atoms with E-state index in [0.717, 1.165) is 9.24 Å². The number of aromatic nitrogens is 2. The normalized spacial score (nSPS) is 21.1. The smallest absolute Gasteiger partial charge is 0.244 e. The number of nitrogens with one attached hydrogen (secondary N) is 2. The molecule has 1 aliphatic heterocycles. The Morgan fingerprint density at radius 1 is 1.57 bits per heavy atom. The van der Waals surface area contributed by atoms with Crippen LogP contribution < -0.4 is 10.6 Å². The Balaban J connectivity index is 1.66. The van der Waals surface area contributed by atoms with E-state index >= 15 is 0 Å². The predicted molar refractivity (Wildman–Crippen MR) is 91.3 cm³/mol. The van der Waals surface area contributed by atoms with Crippen molar-refractivity contribution in [1.29, 1.82) is 0 Å². The average molecular weight is 371 g/mol. The Hall–Kier alpha value is -1.19. The van der Waals surface area contributed by atoms with Gasteiger partial charge in [-0.25, -0.2) is 0 Å². The van der Waals surface area contributed by atoms with Gasteiger partial charge in [0.05, 0.1) is 17.7 Å². The number of hydrogen-bond acceptors (Lipinski definition) is 7. The number of benzene rings is 1. The van der Waals surface area contributed by atoms with Crippen molar-refractivity contribution in [2.45, 2.75) is 28.3 Å². The van der Waals surface area contributed by atoms with Crippen LogP contribution in [0.5, 0.6) is 0 Å². The number of morpholine rings is 1. The molecule has 122 valence electrons. The van der Waals surface area contributed by atoms with Crippen LogP contribution >= 0.6 is 34.7 Å². The quantitative estimate of drug-likeness (QED) is 0.861. The average Bonchev–Trinajstić information content (AvgIpc) is 3.03. The number of anilines is 1. The Morgan fingerprint density at radius 2 is 2.43 bits per heavy atom. The molecule has 1 aromatic carbocycles. The maximum Gasteiger partial charge on any atom is 0.244 e. The van der Waals surface area contributed by atoms with Crippen LogP contribution in [-0.4, -0.2) is 41.4 Å². The van der Waals surface area contributed by atoms with Gasteiger partial charge < -0.3 is 15.4 Å². The SMILES string of the molecule is C[C@H]1OCCN[C@@H]1C(=O)Nc1ccc(Sc2nncs2)c(Cl)c1. The molecule has 1 fully saturated rings. The highest BCUT2D eigenvalue weighted by molar-refractivity contribution is 8.01. The van der Waals surface area contributed by atoms with Crippen LogP contribution in [0.3, 0.4) is 0 Å². The zero-order valence-electron chi connectivity index (χ0n) is 12.3. The molecule has 0 unspecified atom stereocenters. The van der Waals surface area contributed by atoms with Gasteiger partial charge in [0.2, 0.25) is 5.91 Å². The molecule has 0 radical (unpaired) electrons. The number of carbonyl (C=O) groups is 1. The Kier molecular flexibility index (Phi) is 5.50. The summed E-state index contributed by atoms with van der Waals surface area (Å²) in [4.78, 5) is 13.2. The van der Waals surface area contributed by atoms with Gasteiger partial charge >= 0.3 is 0 Å². The van der Waals surface area contributed by atoms with E-state index < -0.39 is 0 Å². The van der Waals surface area contributed by atoms with Gasteiger partial charge in [-0.3, -0.25) is 4.79 Å². The van der Waals surface area contributed by atoms with Gasteiger partial charge in [-0.2, -0.15) is 0 Å². The van der Waals surface area contributed by atoms with E-state index in [1.165, 1.54) is 23.1 Å². The van der Waals surface area contributed by atoms with Crippen molar-refractivity contribution < 1.29 is 9.53 Å². The fourth-order valence-corrected chi connectivity index (χ4v) is 3.94. The minimum Gasteiger partial charge on any atom is -0.375 e. The predicted octanol–water partition coefficient (Wildman–Crippen LogP) is 2.66. The van der Waals surface area contributed by atoms with E-state index in [1.807, 2.05) is 19.1 Å². The van der Waals surface area contributed by atoms with Crippen molar-refractivity contribution in [2.75, 3.05) is 18.5 Å². The first-order valence-electron chi connectivity index (χ1n) is 7.03. The van der Waals surface area contributed by atoms with Crippen LogP contribution in [0.1, 0.15) is 6.92 Å². The summed E-state index contributed by atoms with van der Waals surface area (Å²) in [5.74, 6) is -0.127. The number of hydrogen-bond donors (Lipinski definition) is 2. The fourth-order valence-electron chi connectivity index (χ4n) is 2.21. The van der Waals surface area contributed by atoms with Crippen LogP contribution in [0.2, 0.25) is 5.02 Å². The second kappa shape index (κ2) is 7.59. The summed E-state index contributed by atoms with van der Waals surface area (Å²) in [7, 11) is 0. The van der Waals surface area contributed by atoms with Crippen molar-refractivity contribution >= 4 is 46.3 Å². The maximum atomic E-state index is 12.3. The zero-order valence-corrected chi connectivity index (χ0v) is 14.7. The second-order valence-corrected chi connectivity index (χ2v) is 7.48. The first-order valence-corrected chi connectivity index (χ1v) is 9.10. The molecule has 2 heterocycles. The van der Waals surface area contributed by atoms with E-state index in [9.17, 15) is 4.79 Å². The van der Waals surface area contributed by atoms with Crippen molar-refractivity contribution in [3.63, 3.8) is 0 Å². The van der Waals surface area contributed by atoms with E-state index in [1.54, 1.807) is 11.6 Å². The van der Waals surface area contributed by atoms with Gasteiger partial charge in [0.1, 0.15) is 11.6 Å². The Morgan fingerprint density at radius 3 is 3.13 bits per heavy atom. The summed E-state index contributed by atoms with van der Waals surface area (Å²) >= 11 is 9.18. The summed E-state index contributed by atoms with van der Waals surface area (Å²) in [6.07, 6.45) is -0.161. The minimum absolute atomic E-state index is 0.127. The first kappa shape index (κ1) is 16.7. The van der Waals surface area contributed by atoms with Crippen molar-refractivity contribution in [1.82, 2.24) is 15.5 Å². The topological polar surface area (TPSA) is 76.1 Å². The zero-order chi connectivity index (χ0) is 16.2. The summed E-state index contributed by atoms with van der Waals surface area (Å²) in [5.41, 5.74) is 2.33. The minimum atomic E-state index is -0.363. The first-order chi connectivity index (χ1) is 11.1. The van der Waals surface area contributed by atoms with Gasteiger partial charge in [0.25, 0.3) is 0 Å². The molecule has 2 atom stereocenters. The van der Waals surface area contributed by atoms with Crippen molar-refractivity contribution in [3.8, 4) is 0 Å². The molecule has 2 N–H and O–H groups in total. The summed E-state index contributed by atoms with van der Waals surface area (Å²) < 4.78 is 6.31. The molecule has 1 aliphatic rings. The number of amides is 1. The van der Waals surface area contributed by atoms with Gasteiger partial charge in [0, 0.05) is 17.1 Å². The standard InChI is InChI=1S/C14H15ClN4O2S2/c1-8-12(16-4-5-21-8)13(20)18-9-2-3-11(10(15)6-9)23-14-19-17-7-22-14/h2-3,6-8,12,16H,4-5H2,1H3,(H,18,20)/t8-,12+/m1/s1. The molecule has 9 heteroatoms. The molecule has 0 saturated carbocycles. The van der Waals surface area contributed by atoms with Crippen LogP contribution in [-0.2, 0) is 9.53 Å². The number of ether oxygens (including phenoxy) is 1. The largest absolute Gasteiger partial charge is 0.375 e. The molecule has 3 rings (SSSR count). The van der Waals surface area contributed by atoms with Gasteiger partial charge in [-0.1, -0.05) is 34.7 Å². The van der Waals surface area contributed by atoms with Gasteiger partial charge in [-0.05, 0) is 25.1 Å². The molecule has 1 saturated heterocycles. The maximum absolute atomic E-state index is 12.3. The number of rotatable bonds is 4. The third-order valence-corrected chi connectivity index (χ3v) is 5.61. The lowest BCUT2D eigenvalue weighted by Crippen LogP contribution is -2.53. The lowest BCUT2D eigenvalue weighted by atomic mass is 10.1. The van der Waals surface area contributed by atoms with E-state index in [0.29, 0.717) is 23.9 Å². The van der Waals surface area contributed by atoms with Crippen molar-refractivity contribution in [2.24, 2.45) is 0 Å². The molecule has 0 spiro atoms. The van der Waals surface area contributed by atoms with Crippen LogP contribution in [0, 0.1) is 0 Å². The van der Waals surface area contributed by atoms with Crippen LogP contribution in [0.25, 0.3) is 0 Å². The molecule has 0 bridgehead atoms.